The second-order valence-electron chi connectivity index (χ2n) is 6.98. The summed E-state index contributed by atoms with van der Waals surface area (Å²) in [6, 6.07) is 28.3. The summed E-state index contributed by atoms with van der Waals surface area (Å²) in [5.74, 6) is 0. The lowest BCUT2D eigenvalue weighted by atomic mass is 10.3. The monoisotopic (exact) mass is 398 g/mol. The fourth-order valence-electron chi connectivity index (χ4n) is 3.69. The van der Waals surface area contributed by atoms with E-state index in [4.69, 9.17) is 13.3 Å². The molecule has 0 spiro atoms. The molecule has 5 heteroatoms. The third-order valence-corrected chi connectivity index (χ3v) is 7.69. The molecule has 6 aromatic rings. The van der Waals surface area contributed by atoms with Gasteiger partial charge in [0, 0.05) is 16.2 Å². The third-order valence-electron chi connectivity index (χ3n) is 5.17. The number of benzene rings is 3. The van der Waals surface area contributed by atoms with Crippen molar-refractivity contribution in [1.82, 2.24) is 0 Å². The molecule has 0 N–H and O–H groups in total. The van der Waals surface area contributed by atoms with Crippen LogP contribution in [0.4, 0.5) is 0 Å². The highest BCUT2D eigenvalue weighted by Gasteiger charge is 2.40. The van der Waals surface area contributed by atoms with Gasteiger partial charge >= 0.3 is 0 Å². The molecule has 0 bridgehead atoms. The molecule has 0 fully saturated rings. The summed E-state index contributed by atoms with van der Waals surface area (Å²) in [5, 5.41) is 2.65. The molecule has 0 saturated heterocycles. The highest BCUT2D eigenvalue weighted by atomic mass is 31.2. The lowest BCUT2D eigenvalue weighted by molar-refractivity contribution is 0.558. The summed E-state index contributed by atoms with van der Waals surface area (Å²) in [4.78, 5) is 0. The van der Waals surface area contributed by atoms with Gasteiger partial charge in [0.25, 0.3) is 7.14 Å². The maximum absolute atomic E-state index is 14.6. The van der Waals surface area contributed by atoms with E-state index in [9.17, 15) is 4.57 Å². The second kappa shape index (κ2) is 6.00. The van der Waals surface area contributed by atoms with Gasteiger partial charge in [-0.1, -0.05) is 54.6 Å². The van der Waals surface area contributed by atoms with Gasteiger partial charge in [0.2, 0.25) is 0 Å². The Hall–Kier alpha value is -3.49. The Bertz CT molecular complexity index is 1260. The van der Waals surface area contributed by atoms with Crippen LogP contribution in [-0.4, -0.2) is 0 Å². The first kappa shape index (κ1) is 16.5. The number of hydrogen-bond acceptors (Lipinski definition) is 4. The van der Waals surface area contributed by atoms with Crippen LogP contribution >= 0.6 is 7.14 Å². The average Bonchev–Trinajstić information content (AvgIpc) is 3.48. The van der Waals surface area contributed by atoms with Gasteiger partial charge in [-0.25, -0.2) is 0 Å². The van der Waals surface area contributed by atoms with Gasteiger partial charge in [0.05, 0.1) is 0 Å². The molecule has 0 aliphatic heterocycles. The largest absolute Gasteiger partial charge is 0.452 e. The molecule has 0 aliphatic carbocycles. The van der Waals surface area contributed by atoms with Gasteiger partial charge in [0.15, 0.2) is 16.5 Å². The molecule has 4 nitrogen and oxygen atoms in total. The van der Waals surface area contributed by atoms with Crippen LogP contribution in [-0.2, 0) is 4.57 Å². The molecule has 140 valence electrons. The van der Waals surface area contributed by atoms with Crippen molar-refractivity contribution in [3.63, 3.8) is 0 Å². The van der Waals surface area contributed by atoms with Crippen LogP contribution in [0.1, 0.15) is 0 Å². The molecule has 3 aromatic heterocycles. The number of para-hydroxylation sites is 3. The summed E-state index contributed by atoms with van der Waals surface area (Å²) in [7, 11) is -3.49. The highest BCUT2D eigenvalue weighted by molar-refractivity contribution is 7.84. The lowest BCUT2D eigenvalue weighted by Gasteiger charge is -2.10. The van der Waals surface area contributed by atoms with E-state index in [-0.39, 0.29) is 0 Å². The zero-order valence-electron chi connectivity index (χ0n) is 15.2. The van der Waals surface area contributed by atoms with Gasteiger partial charge in [0.1, 0.15) is 16.7 Å². The van der Waals surface area contributed by atoms with E-state index >= 15 is 0 Å². The van der Waals surface area contributed by atoms with Gasteiger partial charge in [-0.2, -0.15) is 0 Å². The van der Waals surface area contributed by atoms with Crippen molar-refractivity contribution in [3.05, 3.63) is 91.0 Å². The number of furan rings is 3. The molecule has 3 aromatic carbocycles. The summed E-state index contributed by atoms with van der Waals surface area (Å²) in [5.41, 5.74) is 3.06. The fourth-order valence-corrected chi connectivity index (χ4v) is 5.99. The standard InChI is InChI=1S/C24H15O4P/c25-29(22-13-16-7-1-4-10-19(16)26-22,23-14-17-8-2-5-11-20(17)27-23)24-15-18-9-3-6-12-21(18)28-24/h1-15H. The maximum Gasteiger partial charge on any atom is 0.271 e. The van der Waals surface area contributed by atoms with Crippen LogP contribution in [0.15, 0.2) is 104 Å². The average molecular weight is 398 g/mol. The van der Waals surface area contributed by atoms with E-state index in [0.29, 0.717) is 33.3 Å². The minimum atomic E-state index is -3.49. The van der Waals surface area contributed by atoms with Crippen LogP contribution in [0.2, 0.25) is 0 Å². The van der Waals surface area contributed by atoms with Crippen molar-refractivity contribution < 1.29 is 17.8 Å². The predicted octanol–water partition coefficient (Wildman–Crippen LogP) is 5.56. The molecule has 29 heavy (non-hydrogen) atoms. The van der Waals surface area contributed by atoms with Crippen LogP contribution in [0.25, 0.3) is 32.9 Å². The van der Waals surface area contributed by atoms with Crippen molar-refractivity contribution in [2.24, 2.45) is 0 Å². The van der Waals surface area contributed by atoms with E-state index in [2.05, 4.69) is 0 Å². The van der Waals surface area contributed by atoms with Crippen molar-refractivity contribution in [3.8, 4) is 0 Å². The van der Waals surface area contributed by atoms with E-state index in [0.717, 1.165) is 16.2 Å². The summed E-state index contributed by atoms with van der Waals surface area (Å²) < 4.78 is 32.8. The molecule has 0 aliphatic rings. The van der Waals surface area contributed by atoms with E-state index < -0.39 is 7.14 Å². The van der Waals surface area contributed by atoms with Gasteiger partial charge in [-0.15, -0.1) is 0 Å². The first-order valence-electron chi connectivity index (χ1n) is 9.29. The lowest BCUT2D eigenvalue weighted by Crippen LogP contribution is -2.22. The summed E-state index contributed by atoms with van der Waals surface area (Å²) in [6.07, 6.45) is 0. The zero-order valence-corrected chi connectivity index (χ0v) is 16.1. The van der Waals surface area contributed by atoms with Crippen molar-refractivity contribution in [2.45, 2.75) is 0 Å². The molecule has 0 atom stereocenters. The second-order valence-corrected chi connectivity index (χ2v) is 9.52. The van der Waals surface area contributed by atoms with E-state index in [1.807, 2.05) is 91.0 Å². The maximum atomic E-state index is 14.6. The van der Waals surface area contributed by atoms with Crippen molar-refractivity contribution >= 4 is 56.6 Å². The van der Waals surface area contributed by atoms with Crippen LogP contribution in [0.5, 0.6) is 0 Å². The predicted molar refractivity (Wildman–Crippen MR) is 115 cm³/mol. The third kappa shape index (κ3) is 2.43. The van der Waals surface area contributed by atoms with E-state index in [1.165, 1.54) is 0 Å². The molecular weight excluding hydrogens is 383 g/mol. The number of hydrogen-bond donors (Lipinski definition) is 0. The molecule has 3 heterocycles. The van der Waals surface area contributed by atoms with Crippen molar-refractivity contribution in [1.29, 1.82) is 0 Å². The van der Waals surface area contributed by atoms with Crippen LogP contribution in [0, 0.1) is 0 Å². The highest BCUT2D eigenvalue weighted by Crippen LogP contribution is 2.46. The van der Waals surface area contributed by atoms with Crippen LogP contribution < -0.4 is 16.5 Å². The zero-order chi connectivity index (χ0) is 19.4. The Morgan fingerprint density at radius 2 is 0.793 bits per heavy atom. The Labute approximate surface area is 165 Å². The summed E-state index contributed by atoms with van der Waals surface area (Å²) >= 11 is 0. The Morgan fingerprint density at radius 3 is 1.10 bits per heavy atom. The molecule has 0 radical (unpaired) electrons. The topological polar surface area (TPSA) is 56.5 Å². The fraction of sp³-hybridized carbons (Fsp3) is 0. The minimum absolute atomic E-state index is 0.344. The Kier molecular flexibility index (Phi) is 3.41. The smallest absolute Gasteiger partial charge is 0.271 e. The minimum Gasteiger partial charge on any atom is -0.452 e. The molecule has 6 rings (SSSR count). The Morgan fingerprint density at radius 1 is 0.483 bits per heavy atom. The Balaban J connectivity index is 1.67. The molecular formula is C24H15O4P. The summed E-state index contributed by atoms with van der Waals surface area (Å²) in [6.45, 7) is 0. The number of rotatable bonds is 3. The first-order chi connectivity index (χ1) is 14.2. The normalized spacial score (nSPS) is 12.3. The quantitative estimate of drug-likeness (QED) is 0.366. The number of fused-ring (bicyclic) bond motifs is 3. The van der Waals surface area contributed by atoms with Crippen molar-refractivity contribution in [2.75, 3.05) is 0 Å². The molecule has 0 saturated carbocycles. The van der Waals surface area contributed by atoms with Gasteiger partial charge in [-0.3, -0.25) is 4.57 Å². The first-order valence-corrected chi connectivity index (χ1v) is 11.0. The van der Waals surface area contributed by atoms with Crippen LogP contribution in [0.3, 0.4) is 0 Å². The van der Waals surface area contributed by atoms with Gasteiger partial charge < -0.3 is 13.3 Å². The molecule has 0 amide bonds. The molecule has 0 unspecified atom stereocenters. The van der Waals surface area contributed by atoms with Gasteiger partial charge in [-0.05, 0) is 36.4 Å². The van der Waals surface area contributed by atoms with E-state index in [1.54, 1.807) is 0 Å². The SMILES string of the molecule is O=P(c1cc2ccccc2o1)(c1cc2ccccc2o1)c1cc2ccccc2o1.